The molecular weight excluding hydrogens is 423 g/mol. The van der Waals surface area contributed by atoms with E-state index in [1.54, 1.807) is 12.5 Å². The van der Waals surface area contributed by atoms with E-state index in [0.717, 1.165) is 48.6 Å². The van der Waals surface area contributed by atoms with Gasteiger partial charge in [-0.2, -0.15) is 18.2 Å². The number of hydrogen-bond donors (Lipinski definition) is 3. The zero-order valence-corrected chi connectivity index (χ0v) is 17.4. The number of nitrogens with zero attached hydrogens (tertiary/aromatic N) is 2. The standard InChI is InChI=1S/C20H23N5O.C2HF3O/c1-14-2-4-16(5-3-14)24-20-22-12-18(15-8-11-26-13-15)19(25-20)23-17-6-9-21-10-7-17;3-2(4,5)1-6/h2-5,8,11-13,17,21H,6-7,9-10H2,1H3,(H2,22,23,24,25);1H. The molecule has 3 aromatic rings. The number of halogens is 3. The summed E-state index contributed by atoms with van der Waals surface area (Å²) >= 11 is 0. The second-order valence-electron chi connectivity index (χ2n) is 7.29. The van der Waals surface area contributed by atoms with Crippen LogP contribution in [-0.4, -0.2) is 41.6 Å². The van der Waals surface area contributed by atoms with Gasteiger partial charge in [0.15, 0.2) is 0 Å². The van der Waals surface area contributed by atoms with Crippen molar-refractivity contribution in [2.24, 2.45) is 0 Å². The van der Waals surface area contributed by atoms with Crippen molar-refractivity contribution in [1.29, 1.82) is 0 Å². The van der Waals surface area contributed by atoms with Crippen molar-refractivity contribution in [1.82, 2.24) is 15.3 Å². The fourth-order valence-corrected chi connectivity index (χ4v) is 3.11. The average Bonchev–Trinajstić information content (AvgIpc) is 3.31. The number of nitrogens with one attached hydrogen (secondary N) is 3. The molecule has 0 radical (unpaired) electrons. The van der Waals surface area contributed by atoms with Crippen LogP contribution < -0.4 is 16.0 Å². The maximum Gasteiger partial charge on any atom is 0.446 e. The van der Waals surface area contributed by atoms with E-state index in [4.69, 9.17) is 14.2 Å². The Kier molecular flexibility index (Phi) is 7.82. The molecule has 1 aromatic carbocycles. The molecule has 0 spiro atoms. The molecule has 0 amide bonds. The van der Waals surface area contributed by atoms with Gasteiger partial charge in [-0.05, 0) is 51.1 Å². The molecule has 1 fully saturated rings. The molecular formula is C22H24F3N5O2. The summed E-state index contributed by atoms with van der Waals surface area (Å²) in [6.45, 7) is 4.12. The van der Waals surface area contributed by atoms with Crippen LogP contribution in [-0.2, 0) is 4.79 Å². The molecule has 1 aliphatic rings. The highest BCUT2D eigenvalue weighted by Gasteiger charge is 2.25. The van der Waals surface area contributed by atoms with E-state index in [9.17, 15) is 13.2 Å². The number of piperidine rings is 1. The Labute approximate surface area is 183 Å². The SMILES string of the molecule is Cc1ccc(Nc2ncc(-c3ccoc3)c(NC3CCNCC3)n2)cc1.O=CC(F)(F)F. The topological polar surface area (TPSA) is 92.1 Å². The van der Waals surface area contributed by atoms with Crippen molar-refractivity contribution in [3.63, 3.8) is 0 Å². The van der Waals surface area contributed by atoms with Crippen molar-refractivity contribution >= 4 is 23.7 Å². The molecule has 0 unspecified atom stereocenters. The molecule has 3 heterocycles. The number of alkyl halides is 3. The summed E-state index contributed by atoms with van der Waals surface area (Å²) in [6, 6.07) is 10.5. The molecule has 0 aliphatic carbocycles. The molecule has 7 nitrogen and oxygen atoms in total. The van der Waals surface area contributed by atoms with Gasteiger partial charge in [-0.1, -0.05) is 17.7 Å². The zero-order chi connectivity index (χ0) is 23.0. The lowest BCUT2D eigenvalue weighted by atomic mass is 10.1. The Morgan fingerprint density at radius 3 is 2.44 bits per heavy atom. The van der Waals surface area contributed by atoms with Gasteiger partial charge in [0.2, 0.25) is 12.2 Å². The van der Waals surface area contributed by atoms with Gasteiger partial charge in [-0.25, -0.2) is 4.98 Å². The van der Waals surface area contributed by atoms with Crippen LogP contribution in [0.25, 0.3) is 11.1 Å². The summed E-state index contributed by atoms with van der Waals surface area (Å²) < 4.78 is 36.5. The number of aromatic nitrogens is 2. The first-order valence-corrected chi connectivity index (χ1v) is 10.1. The van der Waals surface area contributed by atoms with Gasteiger partial charge < -0.3 is 20.4 Å². The number of rotatable bonds is 5. The normalized spacial score (nSPS) is 14.2. The van der Waals surface area contributed by atoms with Crippen LogP contribution >= 0.6 is 0 Å². The quantitative estimate of drug-likeness (QED) is 0.488. The summed E-state index contributed by atoms with van der Waals surface area (Å²) in [5.74, 6) is 1.42. The summed E-state index contributed by atoms with van der Waals surface area (Å²) in [5.41, 5.74) is 4.12. The molecule has 0 bridgehead atoms. The van der Waals surface area contributed by atoms with Crippen LogP contribution in [0.3, 0.4) is 0 Å². The van der Waals surface area contributed by atoms with Gasteiger partial charge in [0.1, 0.15) is 5.82 Å². The molecule has 10 heteroatoms. The lowest BCUT2D eigenvalue weighted by Gasteiger charge is -2.25. The number of anilines is 3. The molecule has 0 saturated carbocycles. The molecule has 32 heavy (non-hydrogen) atoms. The minimum Gasteiger partial charge on any atom is -0.472 e. The number of benzene rings is 1. The van der Waals surface area contributed by atoms with Crippen molar-refractivity contribution in [3.05, 3.63) is 54.6 Å². The number of hydrogen-bond acceptors (Lipinski definition) is 7. The van der Waals surface area contributed by atoms with Gasteiger partial charge in [-0.3, -0.25) is 4.79 Å². The third-order valence-electron chi connectivity index (χ3n) is 4.74. The van der Waals surface area contributed by atoms with Crippen LogP contribution in [0.15, 0.2) is 53.5 Å². The van der Waals surface area contributed by atoms with E-state index in [1.807, 2.05) is 24.4 Å². The highest BCUT2D eigenvalue weighted by atomic mass is 19.4. The summed E-state index contributed by atoms with van der Waals surface area (Å²) in [7, 11) is 0. The molecule has 0 atom stereocenters. The average molecular weight is 447 g/mol. The third kappa shape index (κ3) is 7.09. The van der Waals surface area contributed by atoms with Crippen molar-refractivity contribution in [3.8, 4) is 11.1 Å². The van der Waals surface area contributed by atoms with E-state index in [1.165, 1.54) is 5.56 Å². The van der Waals surface area contributed by atoms with Crippen molar-refractivity contribution in [2.45, 2.75) is 32.0 Å². The monoisotopic (exact) mass is 447 g/mol. The Balaban J connectivity index is 0.000000427. The van der Waals surface area contributed by atoms with Crippen LogP contribution in [0.1, 0.15) is 18.4 Å². The van der Waals surface area contributed by atoms with E-state index < -0.39 is 12.5 Å². The Morgan fingerprint density at radius 2 is 1.84 bits per heavy atom. The van der Waals surface area contributed by atoms with Crippen molar-refractivity contribution in [2.75, 3.05) is 23.7 Å². The smallest absolute Gasteiger partial charge is 0.446 e. The molecule has 170 valence electrons. The lowest BCUT2D eigenvalue weighted by Crippen LogP contribution is -2.35. The van der Waals surface area contributed by atoms with E-state index >= 15 is 0 Å². The van der Waals surface area contributed by atoms with E-state index in [2.05, 4.69) is 40.0 Å². The Morgan fingerprint density at radius 1 is 1.16 bits per heavy atom. The van der Waals surface area contributed by atoms with Gasteiger partial charge in [0, 0.05) is 29.1 Å². The highest BCUT2D eigenvalue weighted by Crippen LogP contribution is 2.29. The van der Waals surface area contributed by atoms with Crippen LogP contribution in [0.2, 0.25) is 0 Å². The maximum absolute atomic E-state index is 10.4. The van der Waals surface area contributed by atoms with Crippen LogP contribution in [0.5, 0.6) is 0 Å². The second kappa shape index (κ2) is 10.8. The number of aryl methyl sites for hydroxylation is 1. The van der Waals surface area contributed by atoms with Crippen LogP contribution in [0, 0.1) is 6.92 Å². The number of furan rings is 1. The highest BCUT2D eigenvalue weighted by molar-refractivity contribution is 5.75. The molecule has 1 saturated heterocycles. The second-order valence-corrected chi connectivity index (χ2v) is 7.29. The third-order valence-corrected chi connectivity index (χ3v) is 4.74. The van der Waals surface area contributed by atoms with Gasteiger partial charge in [-0.15, -0.1) is 0 Å². The first-order valence-electron chi connectivity index (χ1n) is 10.1. The summed E-state index contributed by atoms with van der Waals surface area (Å²) in [6.07, 6.45) is 1.69. The zero-order valence-electron chi connectivity index (χ0n) is 17.4. The first kappa shape index (κ1) is 23.3. The van der Waals surface area contributed by atoms with Gasteiger partial charge in [0.25, 0.3) is 0 Å². The molecule has 2 aromatic heterocycles. The van der Waals surface area contributed by atoms with Crippen molar-refractivity contribution < 1.29 is 22.4 Å². The fourth-order valence-electron chi connectivity index (χ4n) is 3.11. The fraction of sp³-hybridized carbons (Fsp3) is 0.318. The van der Waals surface area contributed by atoms with Gasteiger partial charge in [0.05, 0.1) is 12.5 Å². The molecule has 3 N–H and O–H groups in total. The largest absolute Gasteiger partial charge is 0.472 e. The molecule has 1 aliphatic heterocycles. The Bertz CT molecular complexity index is 986. The lowest BCUT2D eigenvalue weighted by molar-refractivity contribution is -0.156. The summed E-state index contributed by atoms with van der Waals surface area (Å²) in [4.78, 5) is 17.9. The molecule has 4 rings (SSSR count). The minimum absolute atomic E-state index is 0.407. The number of carbonyl (C=O) groups is 1. The summed E-state index contributed by atoms with van der Waals surface area (Å²) in [5, 5.41) is 10.3. The Hall–Kier alpha value is -3.40. The number of aldehydes is 1. The maximum atomic E-state index is 10.4. The predicted molar refractivity (Wildman–Crippen MR) is 116 cm³/mol. The predicted octanol–water partition coefficient (Wildman–Crippen LogP) is 4.70. The van der Waals surface area contributed by atoms with Gasteiger partial charge >= 0.3 is 6.18 Å². The van der Waals surface area contributed by atoms with E-state index in [-0.39, 0.29) is 0 Å². The van der Waals surface area contributed by atoms with E-state index in [0.29, 0.717) is 12.0 Å². The van der Waals surface area contributed by atoms with Crippen LogP contribution in [0.4, 0.5) is 30.6 Å². The first-order chi connectivity index (χ1) is 15.3. The minimum atomic E-state index is -4.64. The number of carbonyl (C=O) groups excluding carboxylic acids is 1.